The highest BCUT2D eigenvalue weighted by Crippen LogP contribution is 2.67. The quantitative estimate of drug-likeness (QED) is 0.210. The third-order valence-corrected chi connectivity index (χ3v) is 4.53. The van der Waals surface area contributed by atoms with E-state index in [1.807, 2.05) is 0 Å². The van der Waals surface area contributed by atoms with E-state index in [0.717, 1.165) is 0 Å². The van der Waals surface area contributed by atoms with Gasteiger partial charge in [0.15, 0.2) is 0 Å². The average molecular weight is 640 g/mol. The summed E-state index contributed by atoms with van der Waals surface area (Å²) in [6.45, 7) is 0. The molecule has 0 saturated heterocycles. The standard InChI is InChI=1S/C13H2F22O4/c14-3(1(36)37,2(38)39)4(15,16)5(17,18)6(19,20)7(21,22)8(23,24)9(25,26)10(27,28)11(29,30)12(31,32)13(33,34)35/h(H,36,37)(H,38,39). The van der Waals surface area contributed by atoms with Gasteiger partial charge in [-0.15, -0.1) is 0 Å². The van der Waals surface area contributed by atoms with E-state index in [0.29, 0.717) is 0 Å². The predicted molar refractivity (Wildman–Crippen MR) is 69.7 cm³/mol. The number of hydrogen-bond acceptors (Lipinski definition) is 2. The van der Waals surface area contributed by atoms with E-state index in [9.17, 15) is 106 Å². The average Bonchev–Trinajstić information content (AvgIpc) is 2.70. The van der Waals surface area contributed by atoms with Crippen LogP contribution in [0.3, 0.4) is 0 Å². The number of carboxylic acids is 2. The summed E-state index contributed by atoms with van der Waals surface area (Å²) in [5, 5.41) is 16.0. The maximum Gasteiger partial charge on any atom is 0.460 e. The predicted octanol–water partition coefficient (Wildman–Crippen LogP) is 6.14. The van der Waals surface area contributed by atoms with Crippen molar-refractivity contribution in [3.63, 3.8) is 0 Å². The van der Waals surface area contributed by atoms with Crippen LogP contribution in [0.15, 0.2) is 0 Å². The van der Waals surface area contributed by atoms with Crippen LogP contribution in [0.25, 0.3) is 0 Å². The maximum absolute atomic E-state index is 13.6. The monoisotopic (exact) mass is 640 g/mol. The summed E-state index contributed by atoms with van der Waals surface area (Å²) in [7, 11) is 0. The Labute approximate surface area is 195 Å². The first-order valence-corrected chi connectivity index (χ1v) is 8.01. The van der Waals surface area contributed by atoms with Gasteiger partial charge in [0.05, 0.1) is 0 Å². The highest BCUT2D eigenvalue weighted by atomic mass is 19.4. The molecule has 39 heavy (non-hydrogen) atoms. The normalized spacial score (nSPS) is 16.4. The van der Waals surface area contributed by atoms with E-state index < -0.39 is 77.1 Å². The second-order valence-electron chi connectivity index (χ2n) is 6.94. The lowest BCUT2D eigenvalue weighted by atomic mass is 9.82. The molecular formula is C13H2F22O4. The first kappa shape index (κ1) is 36.4. The molecular weight excluding hydrogens is 638 g/mol. The minimum Gasteiger partial charge on any atom is -0.478 e. The molecule has 0 amide bonds. The van der Waals surface area contributed by atoms with Crippen LogP contribution in [0.5, 0.6) is 0 Å². The highest BCUT2D eigenvalue weighted by molar-refractivity contribution is 6.03. The zero-order valence-electron chi connectivity index (χ0n) is 16.5. The van der Waals surface area contributed by atoms with E-state index in [1.165, 1.54) is 0 Å². The van der Waals surface area contributed by atoms with Crippen molar-refractivity contribution in [2.75, 3.05) is 0 Å². The van der Waals surface area contributed by atoms with Crippen LogP contribution in [0.1, 0.15) is 0 Å². The number of hydrogen-bond donors (Lipinski definition) is 2. The fourth-order valence-electron chi connectivity index (χ4n) is 2.13. The van der Waals surface area contributed by atoms with Crippen LogP contribution in [0.4, 0.5) is 96.6 Å². The van der Waals surface area contributed by atoms with E-state index in [1.54, 1.807) is 0 Å². The number of halogens is 22. The molecule has 0 aromatic heterocycles. The first-order valence-electron chi connectivity index (χ1n) is 8.01. The van der Waals surface area contributed by atoms with Crippen LogP contribution in [-0.2, 0) is 9.59 Å². The first-order chi connectivity index (χ1) is 16.4. The van der Waals surface area contributed by atoms with E-state index >= 15 is 0 Å². The van der Waals surface area contributed by atoms with Gasteiger partial charge in [0.2, 0.25) is 0 Å². The Kier molecular flexibility index (Phi) is 8.12. The molecule has 0 unspecified atom stereocenters. The van der Waals surface area contributed by atoms with Crippen LogP contribution < -0.4 is 0 Å². The summed E-state index contributed by atoms with van der Waals surface area (Å²) in [5.74, 6) is -91.5. The van der Waals surface area contributed by atoms with Gasteiger partial charge in [-0.3, -0.25) is 0 Å². The SMILES string of the molecule is O=C(O)C(F)(C(=O)O)C(F)(F)C(F)(F)C(F)(F)C(F)(F)C(F)(F)C(F)(F)C(F)(F)C(F)(F)C(F)(F)C(F)(F)F. The van der Waals surface area contributed by atoms with Crippen LogP contribution in [0.2, 0.25) is 0 Å². The Morgan fingerprint density at radius 3 is 0.615 bits per heavy atom. The Hall–Kier alpha value is -2.60. The second-order valence-corrected chi connectivity index (χ2v) is 6.94. The minimum atomic E-state index is -9.54. The van der Waals surface area contributed by atoms with Crippen molar-refractivity contribution in [1.82, 2.24) is 0 Å². The van der Waals surface area contributed by atoms with E-state index in [2.05, 4.69) is 0 Å². The summed E-state index contributed by atoms with van der Waals surface area (Å²) in [4.78, 5) is 20.6. The molecule has 0 aliphatic carbocycles. The van der Waals surface area contributed by atoms with Gasteiger partial charge in [0.25, 0.3) is 0 Å². The molecule has 0 spiro atoms. The molecule has 0 rings (SSSR count). The smallest absolute Gasteiger partial charge is 0.460 e. The summed E-state index contributed by atoms with van der Waals surface area (Å²) in [6, 6.07) is 0. The maximum atomic E-state index is 13.6. The van der Waals surface area contributed by atoms with Gasteiger partial charge in [0, 0.05) is 0 Å². The van der Waals surface area contributed by atoms with Crippen molar-refractivity contribution in [2.24, 2.45) is 0 Å². The number of carboxylic acid groups (broad SMARTS) is 2. The molecule has 0 aliphatic heterocycles. The van der Waals surface area contributed by atoms with Crippen molar-refractivity contribution in [3.05, 3.63) is 0 Å². The van der Waals surface area contributed by atoms with Crippen LogP contribution in [-0.4, -0.2) is 87.3 Å². The van der Waals surface area contributed by atoms with Gasteiger partial charge in [-0.25, -0.2) is 14.0 Å². The Balaban J connectivity index is 7.41. The molecule has 0 radical (unpaired) electrons. The zero-order chi connectivity index (χ0) is 32.7. The number of aliphatic carboxylic acids is 2. The number of carbonyl (C=O) groups is 2. The second kappa shape index (κ2) is 8.70. The Morgan fingerprint density at radius 1 is 0.308 bits per heavy atom. The van der Waals surface area contributed by atoms with Gasteiger partial charge in [-0.2, -0.15) is 92.2 Å². The lowest BCUT2D eigenvalue weighted by molar-refractivity contribution is -0.475. The third-order valence-electron chi connectivity index (χ3n) is 4.53. The van der Waals surface area contributed by atoms with Gasteiger partial charge >= 0.3 is 77.1 Å². The Morgan fingerprint density at radius 2 is 0.462 bits per heavy atom. The van der Waals surface area contributed by atoms with Gasteiger partial charge < -0.3 is 10.2 Å². The fourth-order valence-corrected chi connectivity index (χ4v) is 2.13. The largest absolute Gasteiger partial charge is 0.478 e. The number of alkyl halides is 22. The van der Waals surface area contributed by atoms with Gasteiger partial charge in [0.1, 0.15) is 0 Å². The summed E-state index contributed by atoms with van der Waals surface area (Å²) in [5.41, 5.74) is -7.28. The molecule has 4 nitrogen and oxygen atoms in total. The molecule has 232 valence electrons. The topological polar surface area (TPSA) is 74.6 Å². The van der Waals surface area contributed by atoms with Gasteiger partial charge in [-0.1, -0.05) is 0 Å². The summed E-state index contributed by atoms with van der Waals surface area (Å²) >= 11 is 0. The highest BCUT2D eigenvalue weighted by Gasteiger charge is 2.99. The molecule has 0 aromatic carbocycles. The third kappa shape index (κ3) is 4.00. The van der Waals surface area contributed by atoms with Crippen molar-refractivity contribution < 1.29 is 116 Å². The summed E-state index contributed by atoms with van der Waals surface area (Å²) < 4.78 is 289. The van der Waals surface area contributed by atoms with E-state index in [-0.39, 0.29) is 0 Å². The molecule has 0 heterocycles. The fraction of sp³-hybridized carbons (Fsp3) is 0.846. The van der Waals surface area contributed by atoms with Crippen molar-refractivity contribution in [2.45, 2.75) is 65.1 Å². The minimum absolute atomic E-state index is 4.52. The van der Waals surface area contributed by atoms with Crippen LogP contribution in [0, 0.1) is 0 Å². The van der Waals surface area contributed by atoms with Gasteiger partial charge in [-0.05, 0) is 0 Å². The molecule has 0 aliphatic rings. The molecule has 0 aromatic rings. The molecule has 0 saturated carbocycles. The van der Waals surface area contributed by atoms with E-state index in [4.69, 9.17) is 10.2 Å². The van der Waals surface area contributed by atoms with Crippen molar-refractivity contribution >= 4 is 11.9 Å². The molecule has 2 N–H and O–H groups in total. The summed E-state index contributed by atoms with van der Waals surface area (Å²) in [6.07, 6.45) is -8.15. The lowest BCUT2D eigenvalue weighted by Crippen LogP contribution is -2.78. The molecule has 0 atom stereocenters. The van der Waals surface area contributed by atoms with Crippen molar-refractivity contribution in [1.29, 1.82) is 0 Å². The Bertz CT molecular complexity index is 963. The number of rotatable bonds is 11. The van der Waals surface area contributed by atoms with Crippen molar-refractivity contribution in [3.8, 4) is 0 Å². The van der Waals surface area contributed by atoms with Crippen LogP contribution >= 0.6 is 0 Å². The molecule has 0 fully saturated rings. The molecule has 26 heteroatoms. The zero-order valence-corrected chi connectivity index (χ0v) is 16.5. The molecule has 0 bridgehead atoms. The lowest BCUT2D eigenvalue weighted by Gasteiger charge is -2.45.